The minimum Gasteiger partial charge on any atom is -0.322 e. The molecule has 0 fully saturated rings. The van der Waals surface area contributed by atoms with E-state index >= 15 is 0 Å². The van der Waals surface area contributed by atoms with E-state index in [-0.39, 0.29) is 17.1 Å². The molecule has 0 bridgehead atoms. The van der Waals surface area contributed by atoms with Crippen molar-refractivity contribution in [1.29, 1.82) is 0 Å². The molecule has 0 radical (unpaired) electrons. The van der Waals surface area contributed by atoms with Gasteiger partial charge >= 0.3 is 0 Å². The second-order valence-corrected chi connectivity index (χ2v) is 10.8. The number of carbonyl (C=O) groups excluding carboxylic acids is 2. The Hall–Kier alpha value is -3.48. The quantitative estimate of drug-likeness (QED) is 0.290. The van der Waals surface area contributed by atoms with Crippen LogP contribution in [0.15, 0.2) is 112 Å². The van der Waals surface area contributed by atoms with E-state index in [0.717, 1.165) is 37.3 Å². The van der Waals surface area contributed by atoms with Gasteiger partial charge < -0.3 is 5.32 Å². The predicted molar refractivity (Wildman–Crippen MR) is 145 cm³/mol. The lowest BCUT2D eigenvalue weighted by Crippen LogP contribution is -2.34. The van der Waals surface area contributed by atoms with Crippen LogP contribution in [0.25, 0.3) is 0 Å². The summed E-state index contributed by atoms with van der Waals surface area (Å²) in [5.41, 5.74) is 4.15. The molecule has 1 heterocycles. The number of carbonyl (C=O) groups is 2. The molecule has 5 rings (SSSR count). The monoisotopic (exact) mass is 496 g/mol. The van der Waals surface area contributed by atoms with E-state index < -0.39 is 0 Å². The Bertz CT molecular complexity index is 1360. The van der Waals surface area contributed by atoms with E-state index in [9.17, 15) is 9.59 Å². The van der Waals surface area contributed by atoms with Crippen molar-refractivity contribution >= 4 is 52.4 Å². The van der Waals surface area contributed by atoms with Crippen LogP contribution in [0.1, 0.15) is 22.8 Å². The summed E-state index contributed by atoms with van der Waals surface area (Å²) in [5.74, 6) is -0.0977. The van der Waals surface area contributed by atoms with Gasteiger partial charge in [-0.25, -0.2) is 0 Å². The molecule has 0 saturated carbocycles. The lowest BCUT2D eigenvalue weighted by molar-refractivity contribution is -0.117. The first-order valence-corrected chi connectivity index (χ1v) is 13.0. The smallest absolute Gasteiger partial charge is 0.255 e. The molecule has 6 heteroatoms. The van der Waals surface area contributed by atoms with Crippen LogP contribution < -0.4 is 10.2 Å². The Morgan fingerprint density at radius 1 is 0.800 bits per heavy atom. The molecule has 174 valence electrons. The summed E-state index contributed by atoms with van der Waals surface area (Å²) in [6.45, 7) is 3.86. The van der Waals surface area contributed by atoms with E-state index in [4.69, 9.17) is 0 Å². The van der Waals surface area contributed by atoms with Crippen molar-refractivity contribution in [2.75, 3.05) is 10.2 Å². The number of benzene rings is 4. The number of para-hydroxylation sites is 2. The van der Waals surface area contributed by atoms with E-state index in [1.165, 1.54) is 11.8 Å². The van der Waals surface area contributed by atoms with Gasteiger partial charge in [-0.15, -0.1) is 11.8 Å². The van der Waals surface area contributed by atoms with Crippen LogP contribution in [0, 0.1) is 6.92 Å². The highest BCUT2D eigenvalue weighted by atomic mass is 32.2. The van der Waals surface area contributed by atoms with Crippen LogP contribution in [0.5, 0.6) is 0 Å². The van der Waals surface area contributed by atoms with Gasteiger partial charge in [0.1, 0.15) is 0 Å². The molecule has 0 aliphatic carbocycles. The molecule has 0 aromatic heterocycles. The SMILES string of the molecule is Cc1ccccc1C(=O)Nc1ccc(SC(C)C(=O)N2c3ccccc3Sc3ccccc32)cc1. The average Bonchev–Trinajstić information content (AvgIpc) is 2.88. The fourth-order valence-corrected chi connectivity index (χ4v) is 5.99. The Balaban J connectivity index is 1.31. The van der Waals surface area contributed by atoms with Gasteiger partial charge in [0.05, 0.1) is 16.6 Å². The fraction of sp³-hybridized carbons (Fsp3) is 0.103. The molecule has 4 nitrogen and oxygen atoms in total. The molecular weight excluding hydrogens is 472 g/mol. The number of anilines is 3. The van der Waals surface area contributed by atoms with Gasteiger partial charge in [0, 0.05) is 25.9 Å². The highest BCUT2D eigenvalue weighted by molar-refractivity contribution is 8.00. The van der Waals surface area contributed by atoms with Crippen molar-refractivity contribution in [2.24, 2.45) is 0 Å². The molecule has 0 saturated heterocycles. The number of hydrogen-bond donors (Lipinski definition) is 1. The zero-order chi connectivity index (χ0) is 24.4. The van der Waals surface area contributed by atoms with Crippen LogP contribution in [-0.4, -0.2) is 17.1 Å². The first-order chi connectivity index (χ1) is 17.0. The molecule has 4 aromatic carbocycles. The van der Waals surface area contributed by atoms with Crippen molar-refractivity contribution in [2.45, 2.75) is 33.8 Å². The van der Waals surface area contributed by atoms with Crippen LogP contribution >= 0.6 is 23.5 Å². The van der Waals surface area contributed by atoms with Crippen molar-refractivity contribution in [3.63, 3.8) is 0 Å². The van der Waals surface area contributed by atoms with Crippen molar-refractivity contribution in [3.05, 3.63) is 108 Å². The van der Waals surface area contributed by atoms with Gasteiger partial charge in [-0.05, 0) is 74.0 Å². The van der Waals surface area contributed by atoms with Crippen LogP contribution in [0.3, 0.4) is 0 Å². The standard InChI is InChI=1S/C29H24N2O2S2/c1-19-9-3-4-10-23(19)28(32)30-21-15-17-22(18-16-21)34-20(2)29(33)31-24-11-5-7-13-26(24)35-27-14-8-6-12-25(27)31/h3-18,20H,1-2H3,(H,30,32). The van der Waals surface area contributed by atoms with Crippen molar-refractivity contribution in [1.82, 2.24) is 0 Å². The topological polar surface area (TPSA) is 49.4 Å². The molecule has 1 unspecified atom stereocenters. The lowest BCUT2D eigenvalue weighted by atomic mass is 10.1. The first kappa shape index (κ1) is 23.3. The third-order valence-corrected chi connectivity index (χ3v) is 8.04. The molecular formula is C29H24N2O2S2. The summed E-state index contributed by atoms with van der Waals surface area (Å²) in [6, 6.07) is 31.2. The van der Waals surface area contributed by atoms with Crippen molar-refractivity contribution < 1.29 is 9.59 Å². The number of fused-ring (bicyclic) bond motifs is 2. The van der Waals surface area contributed by atoms with Gasteiger partial charge in [-0.1, -0.05) is 54.2 Å². The number of nitrogens with one attached hydrogen (secondary N) is 1. The summed E-state index contributed by atoms with van der Waals surface area (Å²) in [4.78, 5) is 31.2. The fourth-order valence-electron chi connectivity index (χ4n) is 4.02. The number of aryl methyl sites for hydroxylation is 1. The number of amides is 2. The second-order valence-electron chi connectivity index (χ2n) is 8.26. The Morgan fingerprint density at radius 3 is 2.00 bits per heavy atom. The Labute approximate surface area is 213 Å². The summed E-state index contributed by atoms with van der Waals surface area (Å²) in [6.07, 6.45) is 0. The first-order valence-electron chi connectivity index (χ1n) is 11.3. The molecule has 0 spiro atoms. The maximum Gasteiger partial charge on any atom is 0.255 e. The minimum absolute atomic E-state index is 0.0344. The number of thioether (sulfide) groups is 1. The maximum atomic E-state index is 13.7. The molecule has 1 aliphatic heterocycles. The third kappa shape index (κ3) is 4.85. The summed E-state index contributed by atoms with van der Waals surface area (Å²) in [5, 5.41) is 2.65. The highest BCUT2D eigenvalue weighted by Gasteiger charge is 2.31. The van der Waals surface area contributed by atoms with Crippen LogP contribution in [0.4, 0.5) is 17.1 Å². The molecule has 1 N–H and O–H groups in total. The Kier molecular flexibility index (Phi) is 6.66. The lowest BCUT2D eigenvalue weighted by Gasteiger charge is -2.32. The summed E-state index contributed by atoms with van der Waals surface area (Å²) >= 11 is 3.20. The zero-order valence-corrected chi connectivity index (χ0v) is 21.0. The van der Waals surface area contributed by atoms with E-state index in [1.54, 1.807) is 11.8 Å². The van der Waals surface area contributed by atoms with Gasteiger partial charge in [0.25, 0.3) is 5.91 Å². The zero-order valence-electron chi connectivity index (χ0n) is 19.4. The van der Waals surface area contributed by atoms with E-state index in [2.05, 4.69) is 17.4 Å². The molecule has 35 heavy (non-hydrogen) atoms. The minimum atomic E-state index is -0.299. The molecule has 2 amide bonds. The number of rotatable bonds is 5. The maximum absolute atomic E-state index is 13.7. The highest BCUT2D eigenvalue weighted by Crippen LogP contribution is 2.48. The number of nitrogens with zero attached hydrogens (tertiary/aromatic N) is 1. The predicted octanol–water partition coefficient (Wildman–Crippen LogP) is 7.56. The molecule has 1 atom stereocenters. The second kappa shape index (κ2) is 10.0. The Morgan fingerprint density at radius 2 is 1.37 bits per heavy atom. The van der Waals surface area contributed by atoms with Gasteiger partial charge in [-0.3, -0.25) is 14.5 Å². The van der Waals surface area contributed by atoms with E-state index in [1.807, 2.05) is 104 Å². The van der Waals surface area contributed by atoms with Gasteiger partial charge in [-0.2, -0.15) is 0 Å². The molecule has 1 aliphatic rings. The van der Waals surface area contributed by atoms with E-state index in [0.29, 0.717) is 5.56 Å². The summed E-state index contributed by atoms with van der Waals surface area (Å²) in [7, 11) is 0. The van der Waals surface area contributed by atoms with Crippen LogP contribution in [-0.2, 0) is 4.79 Å². The molecule has 4 aromatic rings. The van der Waals surface area contributed by atoms with Crippen molar-refractivity contribution in [3.8, 4) is 0 Å². The van der Waals surface area contributed by atoms with Gasteiger partial charge in [0.2, 0.25) is 5.91 Å². The largest absolute Gasteiger partial charge is 0.322 e. The number of hydrogen-bond acceptors (Lipinski definition) is 4. The normalized spacial score (nSPS) is 12.9. The average molecular weight is 497 g/mol. The van der Waals surface area contributed by atoms with Gasteiger partial charge in [0.15, 0.2) is 0 Å². The van der Waals surface area contributed by atoms with Crippen LogP contribution in [0.2, 0.25) is 0 Å². The summed E-state index contributed by atoms with van der Waals surface area (Å²) < 4.78 is 0. The third-order valence-electron chi connectivity index (χ3n) is 5.82.